The van der Waals surface area contributed by atoms with Gasteiger partial charge in [-0.2, -0.15) is 0 Å². The van der Waals surface area contributed by atoms with Crippen molar-refractivity contribution < 1.29 is 23.8 Å². The number of hydrogen-bond donors (Lipinski definition) is 1. The minimum Gasteiger partial charge on any atom is -0.497 e. The summed E-state index contributed by atoms with van der Waals surface area (Å²) in [7, 11) is 3.19. The number of carbonyl (C=O) groups is 1. The van der Waals surface area contributed by atoms with Crippen LogP contribution >= 0.6 is 0 Å². The van der Waals surface area contributed by atoms with E-state index in [-0.39, 0.29) is 23.7 Å². The van der Waals surface area contributed by atoms with Crippen LogP contribution in [0.4, 0.5) is 4.39 Å². The smallest absolute Gasteiger partial charge is 0.254 e. The van der Waals surface area contributed by atoms with Gasteiger partial charge in [0.2, 0.25) is 0 Å². The van der Waals surface area contributed by atoms with E-state index in [1.165, 1.54) is 24.3 Å². The fraction of sp³-hybridized carbons (Fsp3) is 0.458. The molecule has 1 saturated carbocycles. The van der Waals surface area contributed by atoms with Crippen molar-refractivity contribution in [1.29, 1.82) is 0 Å². The predicted molar refractivity (Wildman–Crippen MR) is 111 cm³/mol. The highest BCUT2D eigenvalue weighted by molar-refractivity contribution is 5.94. The molecule has 1 aliphatic heterocycles. The monoisotopic (exact) mass is 413 g/mol. The van der Waals surface area contributed by atoms with Gasteiger partial charge in [0.05, 0.1) is 25.9 Å². The van der Waals surface area contributed by atoms with E-state index in [0.717, 1.165) is 31.2 Å². The number of likely N-dealkylation sites (tertiary alicyclic amines) is 1. The van der Waals surface area contributed by atoms with Crippen molar-refractivity contribution >= 4 is 5.91 Å². The lowest BCUT2D eigenvalue weighted by molar-refractivity contribution is -0.115. The molecule has 0 unspecified atom stereocenters. The number of hydrogen-bond acceptors (Lipinski definition) is 4. The molecule has 2 aromatic rings. The van der Waals surface area contributed by atoms with Crippen molar-refractivity contribution in [3.63, 3.8) is 0 Å². The minimum atomic E-state index is -0.798. The van der Waals surface area contributed by atoms with Crippen LogP contribution in [0.25, 0.3) is 0 Å². The maximum Gasteiger partial charge on any atom is 0.254 e. The second kappa shape index (κ2) is 8.26. The van der Waals surface area contributed by atoms with E-state index in [2.05, 4.69) is 0 Å². The van der Waals surface area contributed by atoms with Crippen molar-refractivity contribution in [2.24, 2.45) is 5.92 Å². The summed E-state index contributed by atoms with van der Waals surface area (Å²) in [6.45, 7) is 0.434. The topological polar surface area (TPSA) is 59.0 Å². The second-order valence-corrected chi connectivity index (χ2v) is 8.26. The van der Waals surface area contributed by atoms with Gasteiger partial charge in [-0.1, -0.05) is 12.8 Å². The zero-order valence-electron chi connectivity index (χ0n) is 17.4. The minimum absolute atomic E-state index is 0.0910. The Balaban J connectivity index is 1.79. The van der Waals surface area contributed by atoms with Crippen LogP contribution in [-0.2, 0) is 0 Å². The Hall–Kier alpha value is -2.60. The lowest BCUT2D eigenvalue weighted by Gasteiger charge is -2.52. The number of aliphatic hydroxyl groups is 1. The Morgan fingerprint density at radius 2 is 1.87 bits per heavy atom. The van der Waals surface area contributed by atoms with Crippen molar-refractivity contribution in [2.75, 3.05) is 20.8 Å². The van der Waals surface area contributed by atoms with Crippen molar-refractivity contribution in [3.8, 4) is 11.5 Å². The molecule has 1 heterocycles. The Morgan fingerprint density at radius 3 is 2.57 bits per heavy atom. The SMILES string of the molecule is COc1ccc([C@@H]2[C@@H]3CCCC[C@]3(O)CCN2C(=O)c2ccc(F)cc2)c(OC)c1. The summed E-state index contributed by atoms with van der Waals surface area (Å²) in [5.41, 5.74) is 0.502. The molecule has 30 heavy (non-hydrogen) atoms. The van der Waals surface area contributed by atoms with Gasteiger partial charge in [0.1, 0.15) is 17.3 Å². The van der Waals surface area contributed by atoms with Gasteiger partial charge < -0.3 is 19.5 Å². The Labute approximate surface area is 176 Å². The summed E-state index contributed by atoms with van der Waals surface area (Å²) in [5, 5.41) is 11.4. The van der Waals surface area contributed by atoms with E-state index < -0.39 is 5.60 Å². The fourth-order valence-corrected chi connectivity index (χ4v) is 5.12. The largest absolute Gasteiger partial charge is 0.497 e. The molecule has 160 valence electrons. The summed E-state index contributed by atoms with van der Waals surface area (Å²) >= 11 is 0. The molecule has 4 rings (SSSR count). The average molecular weight is 413 g/mol. The van der Waals surface area contributed by atoms with Crippen LogP contribution in [0.5, 0.6) is 11.5 Å². The summed E-state index contributed by atoms with van der Waals surface area (Å²) in [6, 6.07) is 10.9. The number of fused-ring (bicyclic) bond motifs is 1. The summed E-state index contributed by atoms with van der Waals surface area (Å²) in [4.78, 5) is 15.3. The van der Waals surface area contributed by atoms with Gasteiger partial charge in [-0.15, -0.1) is 0 Å². The van der Waals surface area contributed by atoms with Gasteiger partial charge in [0.15, 0.2) is 0 Å². The third-order valence-electron chi connectivity index (χ3n) is 6.68. The molecule has 2 fully saturated rings. The van der Waals surface area contributed by atoms with Crippen LogP contribution in [-0.4, -0.2) is 42.3 Å². The van der Waals surface area contributed by atoms with Crippen LogP contribution in [0.2, 0.25) is 0 Å². The number of amides is 1. The Kier molecular flexibility index (Phi) is 5.69. The Morgan fingerprint density at radius 1 is 1.10 bits per heavy atom. The molecule has 1 saturated heterocycles. The van der Waals surface area contributed by atoms with Crippen LogP contribution in [0, 0.1) is 11.7 Å². The predicted octanol–water partition coefficient (Wildman–Crippen LogP) is 4.35. The highest BCUT2D eigenvalue weighted by Crippen LogP contribution is 2.51. The molecule has 1 aliphatic carbocycles. The van der Waals surface area contributed by atoms with Gasteiger partial charge in [-0.05, 0) is 55.7 Å². The summed E-state index contributed by atoms with van der Waals surface area (Å²) < 4.78 is 24.4. The normalized spacial score (nSPS) is 26.1. The number of methoxy groups -OCH3 is 2. The summed E-state index contributed by atoms with van der Waals surface area (Å²) in [6.07, 6.45) is 4.13. The van der Waals surface area contributed by atoms with E-state index in [1.807, 2.05) is 23.1 Å². The maximum atomic E-state index is 13.5. The molecule has 0 radical (unpaired) electrons. The lowest BCUT2D eigenvalue weighted by Crippen LogP contribution is -2.56. The molecule has 1 amide bonds. The number of halogens is 1. The highest BCUT2D eigenvalue weighted by atomic mass is 19.1. The molecule has 2 aliphatic rings. The van der Waals surface area contributed by atoms with E-state index >= 15 is 0 Å². The maximum absolute atomic E-state index is 13.5. The first-order chi connectivity index (χ1) is 14.5. The van der Waals surface area contributed by atoms with Gasteiger partial charge >= 0.3 is 0 Å². The molecule has 2 aromatic carbocycles. The van der Waals surface area contributed by atoms with Crippen molar-refractivity contribution in [1.82, 2.24) is 4.90 Å². The molecule has 3 atom stereocenters. The first kappa shape index (κ1) is 20.7. The molecule has 0 spiro atoms. The van der Waals surface area contributed by atoms with Crippen LogP contribution in [0.15, 0.2) is 42.5 Å². The van der Waals surface area contributed by atoms with E-state index in [0.29, 0.717) is 30.0 Å². The number of piperidine rings is 1. The number of nitrogens with zero attached hydrogens (tertiary/aromatic N) is 1. The van der Waals surface area contributed by atoms with Crippen LogP contribution in [0.3, 0.4) is 0 Å². The zero-order chi connectivity index (χ0) is 21.3. The summed E-state index contributed by atoms with van der Waals surface area (Å²) in [5.74, 6) is 0.671. The van der Waals surface area contributed by atoms with Gasteiger partial charge in [-0.25, -0.2) is 4.39 Å². The zero-order valence-corrected chi connectivity index (χ0v) is 17.4. The highest BCUT2D eigenvalue weighted by Gasteiger charge is 2.50. The third kappa shape index (κ3) is 3.65. The molecule has 5 nitrogen and oxygen atoms in total. The first-order valence-corrected chi connectivity index (χ1v) is 10.5. The molecule has 1 N–H and O–H groups in total. The second-order valence-electron chi connectivity index (χ2n) is 8.26. The van der Waals surface area contributed by atoms with Gasteiger partial charge in [-0.3, -0.25) is 4.79 Å². The lowest BCUT2D eigenvalue weighted by atomic mass is 9.66. The number of rotatable bonds is 4. The van der Waals surface area contributed by atoms with Crippen LogP contribution < -0.4 is 9.47 Å². The van der Waals surface area contributed by atoms with Gasteiger partial charge in [0.25, 0.3) is 5.91 Å². The quantitative estimate of drug-likeness (QED) is 0.810. The van der Waals surface area contributed by atoms with Crippen LogP contribution in [0.1, 0.15) is 54.1 Å². The standard InChI is InChI=1S/C24H28FNO4/c1-29-18-10-11-19(21(15-18)30-2)22-20-5-3-4-12-24(20,28)13-14-26(22)23(27)16-6-8-17(25)9-7-16/h6-11,15,20,22,28H,3-5,12-14H2,1-2H3/t20-,22+,24-/m0/s1. The Bertz CT molecular complexity index is 916. The fourth-order valence-electron chi connectivity index (χ4n) is 5.12. The number of benzene rings is 2. The van der Waals surface area contributed by atoms with Gasteiger partial charge in [0, 0.05) is 29.7 Å². The number of carbonyl (C=O) groups excluding carboxylic acids is 1. The van der Waals surface area contributed by atoms with E-state index in [4.69, 9.17) is 9.47 Å². The number of ether oxygens (including phenoxy) is 2. The average Bonchev–Trinajstić information content (AvgIpc) is 2.77. The molecule has 0 bridgehead atoms. The molecular weight excluding hydrogens is 385 g/mol. The van der Waals surface area contributed by atoms with E-state index in [9.17, 15) is 14.3 Å². The first-order valence-electron chi connectivity index (χ1n) is 10.5. The van der Waals surface area contributed by atoms with Crippen molar-refractivity contribution in [2.45, 2.75) is 43.7 Å². The van der Waals surface area contributed by atoms with E-state index in [1.54, 1.807) is 14.2 Å². The van der Waals surface area contributed by atoms with Crippen molar-refractivity contribution in [3.05, 3.63) is 59.4 Å². The molecule has 6 heteroatoms. The third-order valence-corrected chi connectivity index (χ3v) is 6.68. The molecule has 0 aromatic heterocycles. The molecular formula is C24H28FNO4.